The molecule has 0 atom stereocenters. The Morgan fingerprint density at radius 3 is 2.93 bits per heavy atom. The first kappa shape index (κ1) is 18.5. The summed E-state index contributed by atoms with van der Waals surface area (Å²) >= 11 is 0. The summed E-state index contributed by atoms with van der Waals surface area (Å²) in [6, 6.07) is 4.03. The van der Waals surface area contributed by atoms with Crippen LogP contribution in [0.5, 0.6) is 0 Å². The normalized spacial score (nSPS) is 16.7. The molecule has 4 rings (SSSR count). The Morgan fingerprint density at radius 1 is 1.36 bits per heavy atom. The van der Waals surface area contributed by atoms with E-state index in [1.165, 1.54) is 10.6 Å². The van der Waals surface area contributed by atoms with Gasteiger partial charge in [-0.25, -0.2) is 18.4 Å². The van der Waals surface area contributed by atoms with Crippen molar-refractivity contribution in [2.75, 3.05) is 25.4 Å². The fourth-order valence-corrected chi connectivity index (χ4v) is 5.10. The Labute approximate surface area is 161 Å². The van der Waals surface area contributed by atoms with Gasteiger partial charge in [0.15, 0.2) is 0 Å². The predicted molar refractivity (Wildman–Crippen MR) is 100 cm³/mol. The van der Waals surface area contributed by atoms with Crippen molar-refractivity contribution < 1.29 is 13.5 Å². The molecular formula is C17H19N7O3S. The van der Waals surface area contributed by atoms with E-state index in [1.54, 1.807) is 23.3 Å². The van der Waals surface area contributed by atoms with Crippen LogP contribution in [0.15, 0.2) is 31.0 Å². The van der Waals surface area contributed by atoms with Crippen LogP contribution in [0.2, 0.25) is 0 Å². The van der Waals surface area contributed by atoms with E-state index < -0.39 is 15.6 Å². The average molecular weight is 401 g/mol. The van der Waals surface area contributed by atoms with Gasteiger partial charge in [0.25, 0.3) is 0 Å². The second-order valence-electron chi connectivity index (χ2n) is 6.86. The maximum atomic E-state index is 12.3. The van der Waals surface area contributed by atoms with Crippen molar-refractivity contribution in [2.45, 2.75) is 18.4 Å². The first-order valence-electron chi connectivity index (χ1n) is 8.78. The molecule has 11 heteroatoms. The number of aliphatic hydroxyl groups is 1. The molecule has 1 fully saturated rings. The van der Waals surface area contributed by atoms with Crippen LogP contribution < -0.4 is 0 Å². The summed E-state index contributed by atoms with van der Waals surface area (Å²) in [6.45, 7) is 0.184. The summed E-state index contributed by atoms with van der Waals surface area (Å²) in [6.07, 6.45) is 7.04. The summed E-state index contributed by atoms with van der Waals surface area (Å²) in [5, 5.41) is 23.4. The van der Waals surface area contributed by atoms with Crippen molar-refractivity contribution in [3.8, 4) is 17.3 Å². The molecule has 0 radical (unpaired) electrons. The molecule has 28 heavy (non-hydrogen) atoms. The topological polar surface area (TPSA) is 141 Å². The van der Waals surface area contributed by atoms with E-state index in [4.69, 9.17) is 5.11 Å². The predicted octanol–water partition coefficient (Wildman–Crippen LogP) is 0.458. The lowest BCUT2D eigenvalue weighted by atomic mass is 9.89. The summed E-state index contributed by atoms with van der Waals surface area (Å²) in [5.74, 6) is -0.108. The molecule has 0 aliphatic carbocycles. The van der Waals surface area contributed by atoms with Crippen LogP contribution in [0.1, 0.15) is 12.8 Å². The van der Waals surface area contributed by atoms with Gasteiger partial charge in [-0.05, 0) is 12.5 Å². The molecule has 1 aliphatic heterocycles. The fourth-order valence-electron chi connectivity index (χ4n) is 3.47. The molecule has 0 aromatic carbocycles. The monoisotopic (exact) mass is 401 g/mol. The van der Waals surface area contributed by atoms with Crippen LogP contribution in [0.4, 0.5) is 0 Å². The number of hydrogen-bond acceptors (Lipinski definition) is 7. The quantitative estimate of drug-likeness (QED) is 0.586. The van der Waals surface area contributed by atoms with Crippen LogP contribution in [0.25, 0.3) is 22.3 Å². The van der Waals surface area contributed by atoms with Crippen LogP contribution >= 0.6 is 0 Å². The molecule has 146 valence electrons. The standard InChI is InChI=1S/C17H19N7O3S/c18-4-3-17(10-23(11-17)28(26,27)7-1-6-25)24-9-13(8-22-24)15-14-2-5-19-16(14)21-12-20-15/h2,5,8-9,12,25H,1,3,6-7,10-11H2,(H,19,20,21). The van der Waals surface area contributed by atoms with Crippen molar-refractivity contribution in [3.63, 3.8) is 0 Å². The first-order valence-corrected chi connectivity index (χ1v) is 10.4. The average Bonchev–Trinajstić information content (AvgIpc) is 3.31. The van der Waals surface area contributed by atoms with E-state index >= 15 is 0 Å². The maximum absolute atomic E-state index is 12.3. The summed E-state index contributed by atoms with van der Waals surface area (Å²) < 4.78 is 27.7. The Morgan fingerprint density at radius 2 is 2.18 bits per heavy atom. The number of nitrogens with one attached hydrogen (secondary N) is 1. The number of nitrogens with zero attached hydrogens (tertiary/aromatic N) is 6. The Bertz CT molecular complexity index is 1140. The van der Waals surface area contributed by atoms with Crippen molar-refractivity contribution in [1.82, 2.24) is 29.0 Å². The minimum atomic E-state index is -3.45. The highest BCUT2D eigenvalue weighted by Crippen LogP contribution is 2.36. The number of H-pyrrole nitrogens is 1. The number of aromatic nitrogens is 5. The van der Waals surface area contributed by atoms with Gasteiger partial charge in [0.05, 0.1) is 30.1 Å². The van der Waals surface area contributed by atoms with Crippen molar-refractivity contribution >= 4 is 21.1 Å². The van der Waals surface area contributed by atoms with E-state index in [9.17, 15) is 13.7 Å². The smallest absolute Gasteiger partial charge is 0.214 e. The molecule has 0 bridgehead atoms. The lowest BCUT2D eigenvalue weighted by molar-refractivity contribution is 0.0716. The molecule has 3 aromatic heterocycles. The zero-order valence-electron chi connectivity index (χ0n) is 15.0. The zero-order chi connectivity index (χ0) is 19.8. The van der Waals surface area contributed by atoms with Gasteiger partial charge in [0.1, 0.15) is 17.5 Å². The Kier molecular flexibility index (Phi) is 4.62. The van der Waals surface area contributed by atoms with Crippen LogP contribution in [0, 0.1) is 11.3 Å². The van der Waals surface area contributed by atoms with Gasteiger partial charge in [-0.2, -0.15) is 14.7 Å². The second kappa shape index (κ2) is 6.97. The number of nitriles is 1. The Hall–Kier alpha value is -2.81. The molecule has 0 unspecified atom stereocenters. The molecule has 3 aromatic rings. The summed E-state index contributed by atoms with van der Waals surface area (Å²) in [4.78, 5) is 11.6. The van der Waals surface area contributed by atoms with E-state index in [0.717, 1.165) is 16.6 Å². The minimum Gasteiger partial charge on any atom is -0.396 e. The number of hydrogen-bond donors (Lipinski definition) is 2. The van der Waals surface area contributed by atoms with Gasteiger partial charge >= 0.3 is 0 Å². The third-order valence-electron chi connectivity index (χ3n) is 5.00. The lowest BCUT2D eigenvalue weighted by Crippen LogP contribution is -2.64. The van der Waals surface area contributed by atoms with Gasteiger partial charge in [-0.15, -0.1) is 0 Å². The molecule has 0 saturated carbocycles. The second-order valence-corrected chi connectivity index (χ2v) is 8.94. The fraction of sp³-hybridized carbons (Fsp3) is 0.412. The third kappa shape index (κ3) is 3.05. The molecule has 1 aliphatic rings. The third-order valence-corrected chi connectivity index (χ3v) is 6.85. The molecule has 10 nitrogen and oxygen atoms in total. The number of aromatic amines is 1. The van der Waals surface area contributed by atoms with Crippen LogP contribution in [-0.4, -0.2) is 68.0 Å². The van der Waals surface area contributed by atoms with E-state index in [1.807, 2.05) is 6.07 Å². The van der Waals surface area contributed by atoms with E-state index in [2.05, 4.69) is 26.1 Å². The highest BCUT2D eigenvalue weighted by molar-refractivity contribution is 7.89. The van der Waals surface area contributed by atoms with Gasteiger partial charge < -0.3 is 10.1 Å². The van der Waals surface area contributed by atoms with Crippen molar-refractivity contribution in [3.05, 3.63) is 31.0 Å². The highest BCUT2D eigenvalue weighted by Gasteiger charge is 2.50. The molecule has 4 heterocycles. The van der Waals surface area contributed by atoms with Gasteiger partial charge in [0.2, 0.25) is 10.0 Å². The SMILES string of the molecule is N#CCC1(n2cc(-c3ncnc4[nH]ccc34)cn2)CN(S(=O)(=O)CCCO)C1. The summed E-state index contributed by atoms with van der Waals surface area (Å²) in [7, 11) is -3.45. The molecule has 2 N–H and O–H groups in total. The molecule has 0 spiro atoms. The maximum Gasteiger partial charge on any atom is 0.214 e. The van der Waals surface area contributed by atoms with Gasteiger partial charge in [-0.1, -0.05) is 0 Å². The first-order chi connectivity index (χ1) is 13.5. The van der Waals surface area contributed by atoms with Crippen LogP contribution in [0.3, 0.4) is 0 Å². The highest BCUT2D eigenvalue weighted by atomic mass is 32.2. The number of fused-ring (bicyclic) bond motifs is 1. The van der Waals surface area contributed by atoms with Gasteiger partial charge in [-0.3, -0.25) is 4.68 Å². The molecule has 1 saturated heterocycles. The van der Waals surface area contributed by atoms with Crippen molar-refractivity contribution in [1.29, 1.82) is 5.26 Å². The van der Waals surface area contributed by atoms with E-state index in [0.29, 0.717) is 5.65 Å². The Balaban J connectivity index is 1.61. The summed E-state index contributed by atoms with van der Waals surface area (Å²) in [5.41, 5.74) is 1.50. The minimum absolute atomic E-state index is 0.108. The van der Waals surface area contributed by atoms with Crippen LogP contribution in [-0.2, 0) is 15.6 Å². The van der Waals surface area contributed by atoms with Gasteiger partial charge in [0, 0.05) is 43.0 Å². The lowest BCUT2D eigenvalue weighted by Gasteiger charge is -2.47. The molecular weight excluding hydrogens is 382 g/mol. The van der Waals surface area contributed by atoms with Crippen molar-refractivity contribution in [2.24, 2.45) is 0 Å². The number of aliphatic hydroxyl groups excluding tert-OH is 1. The largest absolute Gasteiger partial charge is 0.396 e. The molecule has 0 amide bonds. The zero-order valence-corrected chi connectivity index (χ0v) is 15.8. The number of sulfonamides is 1. The number of rotatable bonds is 7. The van der Waals surface area contributed by atoms with E-state index in [-0.39, 0.29) is 38.3 Å².